The van der Waals surface area contributed by atoms with E-state index >= 15 is 0 Å². The number of hydrogen-bond acceptors (Lipinski definition) is 6. The SMILES string of the molecule is CC[C@H](NC(=O)[C@H](CCCN=C(N)N)NC(=O)[C@H](CC1CCCCC1)NC(=O)c1cncc(Br)c1)C(N)=O. The highest BCUT2D eigenvalue weighted by Crippen LogP contribution is 2.27. The van der Waals surface area contributed by atoms with Crippen LogP contribution in [0.2, 0.25) is 0 Å². The van der Waals surface area contributed by atoms with Gasteiger partial charge in [0.25, 0.3) is 5.91 Å². The predicted octanol–water partition coefficient (Wildman–Crippen LogP) is 0.831. The Morgan fingerprint density at radius 2 is 1.66 bits per heavy atom. The zero-order valence-corrected chi connectivity index (χ0v) is 23.3. The summed E-state index contributed by atoms with van der Waals surface area (Å²) in [5.41, 5.74) is 16.4. The molecule has 9 N–H and O–H groups in total. The van der Waals surface area contributed by atoms with E-state index in [0.717, 1.165) is 32.1 Å². The van der Waals surface area contributed by atoms with E-state index in [1.807, 2.05) is 0 Å². The Morgan fingerprint density at radius 1 is 1.00 bits per heavy atom. The largest absolute Gasteiger partial charge is 0.370 e. The number of nitrogens with two attached hydrogens (primary N) is 3. The predicted molar refractivity (Wildman–Crippen MR) is 148 cm³/mol. The molecule has 12 nitrogen and oxygen atoms in total. The number of halogens is 1. The average Bonchev–Trinajstić information content (AvgIpc) is 2.88. The van der Waals surface area contributed by atoms with Gasteiger partial charge in [-0.2, -0.15) is 0 Å². The van der Waals surface area contributed by atoms with Crippen LogP contribution in [0, 0.1) is 5.92 Å². The van der Waals surface area contributed by atoms with Gasteiger partial charge in [0.1, 0.15) is 18.1 Å². The van der Waals surface area contributed by atoms with Crippen LogP contribution >= 0.6 is 15.9 Å². The summed E-state index contributed by atoms with van der Waals surface area (Å²) in [5.74, 6) is -1.95. The van der Waals surface area contributed by atoms with Gasteiger partial charge in [-0.1, -0.05) is 39.0 Å². The first-order valence-electron chi connectivity index (χ1n) is 13.0. The molecule has 0 saturated heterocycles. The maximum Gasteiger partial charge on any atom is 0.253 e. The molecule has 38 heavy (non-hydrogen) atoms. The van der Waals surface area contributed by atoms with Crippen molar-refractivity contribution in [3.8, 4) is 0 Å². The Bertz CT molecular complexity index is 995. The highest BCUT2D eigenvalue weighted by Gasteiger charge is 2.31. The van der Waals surface area contributed by atoms with Gasteiger partial charge in [0, 0.05) is 23.4 Å². The van der Waals surface area contributed by atoms with E-state index in [1.54, 1.807) is 19.2 Å². The van der Waals surface area contributed by atoms with E-state index in [2.05, 4.69) is 41.9 Å². The van der Waals surface area contributed by atoms with Crippen molar-refractivity contribution in [1.82, 2.24) is 20.9 Å². The van der Waals surface area contributed by atoms with Gasteiger partial charge in [-0.05, 0) is 53.6 Å². The number of aromatic nitrogens is 1. The molecule has 3 atom stereocenters. The van der Waals surface area contributed by atoms with Crippen LogP contribution in [0.15, 0.2) is 27.9 Å². The summed E-state index contributed by atoms with van der Waals surface area (Å²) in [6, 6.07) is -1.10. The summed E-state index contributed by atoms with van der Waals surface area (Å²) in [5, 5.41) is 8.21. The number of aliphatic imine (C=N–C) groups is 1. The maximum atomic E-state index is 13.5. The van der Waals surface area contributed by atoms with E-state index < -0.39 is 41.8 Å². The molecule has 1 fully saturated rings. The molecule has 1 aliphatic rings. The van der Waals surface area contributed by atoms with E-state index in [1.165, 1.54) is 6.20 Å². The molecule has 1 heterocycles. The third kappa shape index (κ3) is 10.6. The number of pyridine rings is 1. The van der Waals surface area contributed by atoms with Crippen LogP contribution in [0.1, 0.15) is 75.1 Å². The lowest BCUT2D eigenvalue weighted by molar-refractivity contribution is -0.132. The van der Waals surface area contributed by atoms with Crippen molar-refractivity contribution in [2.45, 2.75) is 82.8 Å². The van der Waals surface area contributed by atoms with Crippen LogP contribution in [0.25, 0.3) is 0 Å². The maximum absolute atomic E-state index is 13.5. The molecule has 1 aliphatic carbocycles. The highest BCUT2D eigenvalue weighted by molar-refractivity contribution is 9.10. The summed E-state index contributed by atoms with van der Waals surface area (Å²) in [4.78, 5) is 59.2. The third-order valence-corrected chi connectivity index (χ3v) is 6.96. The summed E-state index contributed by atoms with van der Waals surface area (Å²) in [7, 11) is 0. The summed E-state index contributed by atoms with van der Waals surface area (Å²) in [6.45, 7) is 1.97. The van der Waals surface area contributed by atoms with Crippen molar-refractivity contribution in [2.75, 3.05) is 6.54 Å². The Hall–Kier alpha value is -3.22. The number of nitrogens with zero attached hydrogens (tertiary/aromatic N) is 2. The van der Waals surface area contributed by atoms with Gasteiger partial charge in [-0.25, -0.2) is 0 Å². The molecule has 0 aliphatic heterocycles. The lowest BCUT2D eigenvalue weighted by Crippen LogP contribution is -2.56. The lowest BCUT2D eigenvalue weighted by Gasteiger charge is -2.28. The Kier molecular flexibility index (Phi) is 13.0. The first-order valence-corrected chi connectivity index (χ1v) is 13.8. The molecule has 2 rings (SSSR count). The van der Waals surface area contributed by atoms with Crippen molar-refractivity contribution in [3.05, 3.63) is 28.5 Å². The van der Waals surface area contributed by atoms with Crippen LogP contribution in [0.5, 0.6) is 0 Å². The van der Waals surface area contributed by atoms with Crippen molar-refractivity contribution in [2.24, 2.45) is 28.1 Å². The number of carbonyl (C=O) groups is 4. The standard InChI is InChI=1S/C25H39BrN8O4/c1-2-18(21(27)35)32-23(37)19(9-6-10-31-25(28)29)33-24(38)20(11-15-7-4-3-5-8-15)34-22(36)16-12-17(26)14-30-13-16/h12-15,18-20H,2-11H2,1H3,(H2,27,35)(H,32,37)(H,33,38)(H,34,36)(H4,28,29,31)/t18-,19-,20-/m0/s1. The Balaban J connectivity index is 2.21. The average molecular weight is 596 g/mol. The smallest absolute Gasteiger partial charge is 0.253 e. The molecule has 210 valence electrons. The fourth-order valence-electron chi connectivity index (χ4n) is 4.46. The fraction of sp³-hybridized carbons (Fsp3) is 0.600. The van der Waals surface area contributed by atoms with Crippen molar-refractivity contribution >= 4 is 45.5 Å². The minimum absolute atomic E-state index is 0.0768. The summed E-state index contributed by atoms with van der Waals surface area (Å²) < 4.78 is 0.635. The molecule has 1 saturated carbocycles. The second-order valence-electron chi connectivity index (χ2n) is 9.54. The number of hydrogen-bond donors (Lipinski definition) is 6. The normalized spacial score (nSPS) is 15.9. The topological polar surface area (TPSA) is 208 Å². The first kappa shape index (κ1) is 31.0. The van der Waals surface area contributed by atoms with Crippen molar-refractivity contribution in [3.63, 3.8) is 0 Å². The number of amides is 4. The molecule has 0 spiro atoms. The van der Waals surface area contributed by atoms with Crippen LogP contribution in [-0.4, -0.2) is 59.2 Å². The lowest BCUT2D eigenvalue weighted by atomic mass is 9.84. The molecule has 13 heteroatoms. The van der Waals surface area contributed by atoms with Gasteiger partial charge < -0.3 is 33.2 Å². The van der Waals surface area contributed by atoms with Gasteiger partial charge in [-0.3, -0.25) is 29.2 Å². The molecule has 0 unspecified atom stereocenters. The molecule has 0 bridgehead atoms. The van der Waals surface area contributed by atoms with Crippen LogP contribution in [0.4, 0.5) is 0 Å². The minimum Gasteiger partial charge on any atom is -0.370 e. The quantitative estimate of drug-likeness (QED) is 0.104. The van der Waals surface area contributed by atoms with E-state index in [-0.39, 0.29) is 24.8 Å². The third-order valence-electron chi connectivity index (χ3n) is 6.53. The number of guanidine groups is 1. The van der Waals surface area contributed by atoms with Crippen molar-refractivity contribution < 1.29 is 19.2 Å². The molecule has 1 aromatic heterocycles. The zero-order valence-electron chi connectivity index (χ0n) is 21.7. The highest BCUT2D eigenvalue weighted by atomic mass is 79.9. The van der Waals surface area contributed by atoms with E-state index in [9.17, 15) is 19.2 Å². The molecule has 0 radical (unpaired) electrons. The second kappa shape index (κ2) is 15.9. The van der Waals surface area contributed by atoms with Crippen LogP contribution in [-0.2, 0) is 14.4 Å². The Morgan fingerprint density at radius 3 is 2.26 bits per heavy atom. The van der Waals surface area contributed by atoms with Gasteiger partial charge in [0.15, 0.2) is 5.96 Å². The van der Waals surface area contributed by atoms with Crippen molar-refractivity contribution in [1.29, 1.82) is 0 Å². The number of nitrogens with one attached hydrogen (secondary N) is 3. The molecule has 0 aromatic carbocycles. The number of primary amides is 1. The zero-order chi connectivity index (χ0) is 28.1. The van der Waals surface area contributed by atoms with Crippen LogP contribution < -0.4 is 33.2 Å². The molecular weight excluding hydrogens is 556 g/mol. The Labute approximate surface area is 231 Å². The fourth-order valence-corrected chi connectivity index (χ4v) is 4.82. The summed E-state index contributed by atoms with van der Waals surface area (Å²) >= 11 is 3.30. The van der Waals surface area contributed by atoms with Crippen LogP contribution in [0.3, 0.4) is 0 Å². The minimum atomic E-state index is -0.983. The number of rotatable bonds is 14. The number of carbonyl (C=O) groups excluding carboxylic acids is 4. The molecular formula is C25H39BrN8O4. The van der Waals surface area contributed by atoms with Gasteiger partial charge in [0.05, 0.1) is 5.56 Å². The van der Waals surface area contributed by atoms with E-state index in [4.69, 9.17) is 17.2 Å². The second-order valence-corrected chi connectivity index (χ2v) is 10.5. The molecule has 4 amide bonds. The first-order chi connectivity index (χ1) is 18.1. The van der Waals surface area contributed by atoms with E-state index in [0.29, 0.717) is 29.3 Å². The monoisotopic (exact) mass is 594 g/mol. The van der Waals surface area contributed by atoms with Gasteiger partial charge >= 0.3 is 0 Å². The summed E-state index contributed by atoms with van der Waals surface area (Å²) in [6.07, 6.45) is 9.57. The van der Waals surface area contributed by atoms with Gasteiger partial charge in [-0.15, -0.1) is 0 Å². The molecule has 1 aromatic rings. The van der Waals surface area contributed by atoms with Gasteiger partial charge in [0.2, 0.25) is 17.7 Å².